The molecule has 524 valence electrons. The third kappa shape index (κ3) is 16.4. The summed E-state index contributed by atoms with van der Waals surface area (Å²) in [6.07, 6.45) is 0. The van der Waals surface area contributed by atoms with Crippen LogP contribution in [0.2, 0.25) is 19.6 Å². The smallest absolute Gasteiger partial charge is 0.135 e. The van der Waals surface area contributed by atoms with Gasteiger partial charge in [-0.1, -0.05) is 328 Å². The monoisotopic (exact) mass is 1410 g/mol. The van der Waals surface area contributed by atoms with E-state index in [9.17, 15) is 4.39 Å². The van der Waals surface area contributed by atoms with Gasteiger partial charge in [-0.05, 0) is 193 Å². The SMILES string of the molecule is Cc1c(F)cc(-c2ccccc2)cc1-c1ccccc1.Cc1ccc([Si](C)(C)C)cc1.Cc1ccc2c(c1)C(C)(C)c1ccccc1-2.Cc1ccc2c(c1)c1ccccc1n2-c1ccccc1.Cc1ccc2c(c1)oc1ccccc12.Cc1ccc2c(c1)sc1ccccc12.Cc1cccc2ccccc12. The minimum absolute atomic E-state index is 0.151. The van der Waals surface area contributed by atoms with Gasteiger partial charge < -0.3 is 8.98 Å². The molecule has 0 N–H and O–H groups in total. The van der Waals surface area contributed by atoms with Crippen molar-refractivity contribution in [2.24, 2.45) is 0 Å². The third-order valence-electron chi connectivity index (χ3n) is 20.1. The first-order chi connectivity index (χ1) is 51.3. The summed E-state index contributed by atoms with van der Waals surface area (Å²) >= 11 is 1.88. The lowest BCUT2D eigenvalue weighted by Gasteiger charge is -2.21. The van der Waals surface area contributed by atoms with Crippen LogP contribution in [-0.4, -0.2) is 12.6 Å². The lowest BCUT2D eigenvalue weighted by Crippen LogP contribution is -2.37. The number of rotatable bonds is 4. The predicted octanol–water partition coefficient (Wildman–Crippen LogP) is 28.8. The summed E-state index contributed by atoms with van der Waals surface area (Å²) in [6.45, 7) is 26.4. The fraction of sp³-hybridized carbons (Fsp3) is 0.129. The number of aryl methyl sites for hydroxylation is 6. The highest BCUT2D eigenvalue weighted by atomic mass is 32.1. The molecule has 0 aliphatic heterocycles. The van der Waals surface area contributed by atoms with Crippen molar-refractivity contribution in [3.8, 4) is 39.1 Å². The highest BCUT2D eigenvalue weighted by molar-refractivity contribution is 7.25. The topological polar surface area (TPSA) is 18.1 Å². The number of fused-ring (bicyclic) bond motifs is 13. The van der Waals surface area contributed by atoms with Gasteiger partial charge in [0, 0.05) is 52.8 Å². The lowest BCUT2D eigenvalue weighted by atomic mass is 9.82. The van der Waals surface area contributed by atoms with Gasteiger partial charge >= 0.3 is 0 Å². The summed E-state index contributed by atoms with van der Waals surface area (Å²) in [4.78, 5) is 0. The molecule has 106 heavy (non-hydrogen) atoms. The van der Waals surface area contributed by atoms with E-state index in [-0.39, 0.29) is 11.2 Å². The van der Waals surface area contributed by atoms with Crippen LogP contribution < -0.4 is 5.19 Å². The molecule has 2 nitrogen and oxygen atoms in total. The minimum Gasteiger partial charge on any atom is -0.456 e. The van der Waals surface area contributed by atoms with Crippen LogP contribution in [0, 0.1) is 54.3 Å². The molecule has 0 radical (unpaired) electrons. The van der Waals surface area contributed by atoms with Crippen molar-refractivity contribution in [1.82, 2.24) is 4.57 Å². The van der Waals surface area contributed by atoms with E-state index in [1.165, 1.54) is 125 Å². The second kappa shape index (κ2) is 32.3. The van der Waals surface area contributed by atoms with Crippen molar-refractivity contribution in [3.05, 3.63) is 396 Å². The first-order valence-electron chi connectivity index (χ1n) is 36.7. The molecule has 15 aromatic carbocycles. The molecule has 1 aliphatic rings. The molecule has 0 atom stereocenters. The number of halogens is 1. The molecule has 3 heterocycles. The average Bonchev–Trinajstić information content (AvgIpc) is 1.60. The van der Waals surface area contributed by atoms with Crippen LogP contribution in [0.4, 0.5) is 4.39 Å². The maximum atomic E-state index is 14.2. The van der Waals surface area contributed by atoms with Crippen molar-refractivity contribution in [1.29, 1.82) is 0 Å². The number of nitrogens with zero attached hydrogens (tertiary/aromatic N) is 1. The molecule has 0 spiro atoms. The second-order valence-electron chi connectivity index (χ2n) is 29.4. The van der Waals surface area contributed by atoms with E-state index < -0.39 is 8.07 Å². The van der Waals surface area contributed by atoms with E-state index in [1.54, 1.807) is 11.3 Å². The Kier molecular flexibility index (Phi) is 22.2. The summed E-state index contributed by atoms with van der Waals surface area (Å²) < 4.78 is 25.1. The van der Waals surface area contributed by atoms with Crippen molar-refractivity contribution in [2.45, 2.75) is 87.4 Å². The van der Waals surface area contributed by atoms with Crippen molar-refractivity contribution in [2.75, 3.05) is 0 Å². The van der Waals surface area contributed by atoms with Gasteiger partial charge in [-0.2, -0.15) is 0 Å². The Balaban J connectivity index is 0.000000111. The van der Waals surface area contributed by atoms with Gasteiger partial charge in [0.05, 0.1) is 19.1 Å². The first kappa shape index (κ1) is 72.9. The Bertz CT molecular complexity index is 5940. The Morgan fingerprint density at radius 3 is 1.56 bits per heavy atom. The summed E-state index contributed by atoms with van der Waals surface area (Å²) in [6, 6.07) is 118. The van der Waals surface area contributed by atoms with E-state index in [0.717, 1.165) is 33.4 Å². The Morgan fingerprint density at radius 2 is 0.840 bits per heavy atom. The molecule has 0 fully saturated rings. The van der Waals surface area contributed by atoms with Crippen LogP contribution >= 0.6 is 11.3 Å². The second-order valence-corrected chi connectivity index (χ2v) is 35.6. The maximum Gasteiger partial charge on any atom is 0.135 e. The largest absolute Gasteiger partial charge is 0.456 e. The fourth-order valence-corrected chi connectivity index (χ4v) is 16.6. The zero-order chi connectivity index (χ0) is 74.1. The molecule has 0 saturated carbocycles. The van der Waals surface area contributed by atoms with Crippen LogP contribution in [0.1, 0.15) is 63.9 Å². The van der Waals surface area contributed by atoms with Gasteiger partial charge in [-0.15, -0.1) is 11.3 Å². The molecule has 3 aromatic heterocycles. The standard InChI is InChI=1S/C19H15F.C19H15N.C16H16.C13H10O.C13H10S.C11H10.C10H16Si/c1-14-18(16-10-6-3-7-11-16)12-17(13-19(14)20)15-8-4-2-5-9-15;1-14-11-12-19-17(13-14)16-9-5-6-10-18(16)20(19)15-7-3-2-4-8-15;1-11-8-9-13-12-6-4-5-7-14(12)16(2,3)15(13)10-11;2*1-9-6-7-11-10-4-2-3-5-12(10)14-13(11)8-9;1-9-5-4-7-10-6-2-3-8-11(9)10;1-9-5-7-10(8-6-9)11(2,3)4/h2*2-13H,1H3;4-10H,1-3H3;2*2-8H,1H3;2-8H,1H3;5-8H,1-4H3. The summed E-state index contributed by atoms with van der Waals surface area (Å²) in [5.41, 5.74) is 24.1. The van der Waals surface area contributed by atoms with Crippen LogP contribution in [-0.2, 0) is 5.41 Å². The van der Waals surface area contributed by atoms with Gasteiger partial charge in [-0.3, -0.25) is 0 Å². The number of hydrogen-bond acceptors (Lipinski definition) is 2. The molecule has 5 heteroatoms. The van der Waals surface area contributed by atoms with Crippen molar-refractivity contribution in [3.63, 3.8) is 0 Å². The Morgan fingerprint density at radius 1 is 0.330 bits per heavy atom. The molecule has 18 aromatic rings. The fourth-order valence-electron chi connectivity index (χ4n) is 14.3. The van der Waals surface area contributed by atoms with E-state index in [0.29, 0.717) is 5.56 Å². The molecule has 0 saturated heterocycles. The van der Waals surface area contributed by atoms with Crippen LogP contribution in [0.5, 0.6) is 0 Å². The van der Waals surface area contributed by atoms with Gasteiger partial charge in [0.15, 0.2) is 0 Å². The number of para-hydroxylation sites is 3. The predicted molar refractivity (Wildman–Crippen MR) is 462 cm³/mol. The molecule has 1 aliphatic carbocycles. The van der Waals surface area contributed by atoms with Crippen LogP contribution in [0.3, 0.4) is 0 Å². The number of benzene rings is 15. The lowest BCUT2D eigenvalue weighted by molar-refractivity contribution is 0.619. The number of hydrogen-bond donors (Lipinski definition) is 0. The Hall–Kier alpha value is -11.5. The van der Waals surface area contributed by atoms with E-state index >= 15 is 0 Å². The van der Waals surface area contributed by atoms with Crippen molar-refractivity contribution >= 4 is 99.3 Å². The van der Waals surface area contributed by atoms with Gasteiger partial charge in [0.1, 0.15) is 17.0 Å². The molecule has 0 unspecified atom stereocenters. The van der Waals surface area contributed by atoms with Crippen LogP contribution in [0.15, 0.2) is 344 Å². The van der Waals surface area contributed by atoms with Gasteiger partial charge in [0.2, 0.25) is 0 Å². The van der Waals surface area contributed by atoms with E-state index in [2.05, 4.69) is 334 Å². The third-order valence-corrected chi connectivity index (χ3v) is 23.3. The zero-order valence-corrected chi connectivity index (χ0v) is 64.8. The summed E-state index contributed by atoms with van der Waals surface area (Å²) in [7, 11) is -1.06. The highest BCUT2D eigenvalue weighted by Gasteiger charge is 2.35. The van der Waals surface area contributed by atoms with E-state index in [4.69, 9.17) is 4.42 Å². The minimum atomic E-state index is -1.06. The van der Waals surface area contributed by atoms with Gasteiger partial charge in [0.25, 0.3) is 0 Å². The molecule has 0 amide bonds. The quantitative estimate of drug-likeness (QED) is 0.161. The molecular formula is C101H92FNOSSi. The number of aromatic nitrogens is 1. The maximum absolute atomic E-state index is 14.2. The molecule has 19 rings (SSSR count). The molecular weight excluding hydrogens is 1320 g/mol. The Labute approximate surface area is 630 Å². The zero-order valence-electron chi connectivity index (χ0n) is 63.0. The first-order valence-corrected chi connectivity index (χ1v) is 41.0. The van der Waals surface area contributed by atoms with E-state index in [1.807, 2.05) is 97.1 Å². The van der Waals surface area contributed by atoms with Crippen molar-refractivity contribution < 1.29 is 8.81 Å². The summed E-state index contributed by atoms with van der Waals surface area (Å²) in [5.74, 6) is -0.162. The number of furan rings is 1. The highest BCUT2D eigenvalue weighted by Crippen LogP contribution is 2.49. The van der Waals surface area contributed by atoms with Gasteiger partial charge in [-0.25, -0.2) is 4.39 Å². The summed E-state index contributed by atoms with van der Waals surface area (Å²) in [5, 5.41) is 12.0. The van der Waals surface area contributed by atoms with Crippen LogP contribution in [0.25, 0.3) is 114 Å². The normalized spacial score (nSPS) is 11.7. The molecule has 0 bridgehead atoms. The average molecular weight is 1420 g/mol. The number of thiophene rings is 1.